The summed E-state index contributed by atoms with van der Waals surface area (Å²) in [7, 11) is 0. The summed E-state index contributed by atoms with van der Waals surface area (Å²) in [6, 6.07) is 8.29. The average molecular weight is 277 g/mol. The van der Waals surface area contributed by atoms with Gasteiger partial charge in [-0.25, -0.2) is 0 Å². The minimum atomic E-state index is -0.524. The fourth-order valence-corrected chi connectivity index (χ4v) is 2.23. The quantitative estimate of drug-likeness (QED) is 0.867. The summed E-state index contributed by atoms with van der Waals surface area (Å²) in [5.41, 5.74) is 2.43. The molecule has 0 unspecified atom stereocenters. The summed E-state index contributed by atoms with van der Waals surface area (Å²) < 4.78 is 11.0. The number of amides is 1. The topological polar surface area (TPSA) is 47.6 Å². The second-order valence-electron chi connectivity index (χ2n) is 5.42. The number of carbonyl (C=O) groups excluding carboxylic acids is 1. The Bertz CT molecular complexity index is 436. The van der Waals surface area contributed by atoms with Crippen LogP contribution in [0.2, 0.25) is 0 Å². The molecule has 0 bridgehead atoms. The second kappa shape index (κ2) is 6.86. The predicted octanol–water partition coefficient (Wildman–Crippen LogP) is 2.20. The highest BCUT2D eigenvalue weighted by atomic mass is 16.7. The van der Waals surface area contributed by atoms with Crippen molar-refractivity contribution in [2.24, 2.45) is 0 Å². The van der Waals surface area contributed by atoms with Crippen LogP contribution in [-0.2, 0) is 20.7 Å². The summed E-state index contributed by atoms with van der Waals surface area (Å²) >= 11 is 0. The lowest BCUT2D eigenvalue weighted by Crippen LogP contribution is -2.33. The van der Waals surface area contributed by atoms with Gasteiger partial charge in [0.1, 0.15) is 0 Å². The van der Waals surface area contributed by atoms with Crippen LogP contribution in [0.5, 0.6) is 0 Å². The van der Waals surface area contributed by atoms with Crippen molar-refractivity contribution < 1.29 is 14.3 Å². The Morgan fingerprint density at radius 2 is 1.90 bits per heavy atom. The van der Waals surface area contributed by atoms with E-state index in [1.807, 2.05) is 6.92 Å². The number of rotatable bonds is 6. The highest BCUT2D eigenvalue weighted by Crippen LogP contribution is 2.21. The summed E-state index contributed by atoms with van der Waals surface area (Å²) in [5.74, 6) is -0.447. The molecule has 1 aliphatic heterocycles. The first-order chi connectivity index (χ1) is 9.57. The molecule has 1 aromatic carbocycles. The number of ether oxygens (including phenoxy) is 2. The maximum absolute atomic E-state index is 11.8. The lowest BCUT2D eigenvalue weighted by Gasteiger charge is -2.22. The Balaban J connectivity index is 1.64. The van der Waals surface area contributed by atoms with Gasteiger partial charge in [0.25, 0.3) is 0 Å². The van der Waals surface area contributed by atoms with Crippen molar-refractivity contribution in [2.45, 2.75) is 38.9 Å². The number of carbonyl (C=O) groups is 1. The van der Waals surface area contributed by atoms with Crippen LogP contribution in [0.4, 0.5) is 0 Å². The van der Waals surface area contributed by atoms with Gasteiger partial charge in [-0.1, -0.05) is 29.8 Å². The van der Waals surface area contributed by atoms with Gasteiger partial charge in [-0.2, -0.15) is 0 Å². The van der Waals surface area contributed by atoms with Crippen LogP contribution in [0, 0.1) is 6.92 Å². The molecule has 1 amide bonds. The van der Waals surface area contributed by atoms with Crippen LogP contribution in [-0.4, -0.2) is 31.5 Å². The van der Waals surface area contributed by atoms with E-state index in [1.54, 1.807) is 0 Å². The maximum Gasteiger partial charge on any atom is 0.220 e. The first kappa shape index (κ1) is 15.0. The molecule has 0 atom stereocenters. The zero-order valence-corrected chi connectivity index (χ0v) is 12.3. The number of nitrogens with one attached hydrogen (secondary N) is 1. The van der Waals surface area contributed by atoms with Crippen molar-refractivity contribution >= 4 is 5.91 Å². The van der Waals surface area contributed by atoms with E-state index in [0.29, 0.717) is 32.6 Å². The average Bonchev–Trinajstić information content (AvgIpc) is 2.85. The molecule has 1 saturated heterocycles. The van der Waals surface area contributed by atoms with E-state index >= 15 is 0 Å². The normalized spacial score (nSPS) is 17.1. The summed E-state index contributed by atoms with van der Waals surface area (Å²) in [6.07, 6.45) is 1.97. The minimum absolute atomic E-state index is 0.0761. The van der Waals surface area contributed by atoms with E-state index in [2.05, 4.69) is 36.5 Å². The summed E-state index contributed by atoms with van der Waals surface area (Å²) in [6.45, 7) is 5.83. The third-order valence-electron chi connectivity index (χ3n) is 3.56. The molecule has 1 heterocycles. The first-order valence-corrected chi connectivity index (χ1v) is 7.18. The highest BCUT2D eigenvalue weighted by Gasteiger charge is 2.30. The van der Waals surface area contributed by atoms with Crippen LogP contribution in [0.25, 0.3) is 0 Å². The van der Waals surface area contributed by atoms with Gasteiger partial charge in [0.2, 0.25) is 5.91 Å². The molecule has 20 heavy (non-hydrogen) atoms. The third kappa shape index (κ3) is 4.62. The zero-order chi connectivity index (χ0) is 14.4. The van der Waals surface area contributed by atoms with Gasteiger partial charge in [0, 0.05) is 19.4 Å². The minimum Gasteiger partial charge on any atom is -0.356 e. The summed E-state index contributed by atoms with van der Waals surface area (Å²) in [4.78, 5) is 11.8. The van der Waals surface area contributed by atoms with Crippen LogP contribution in [0.1, 0.15) is 30.9 Å². The SMILES string of the molecule is Cc1ccc(CCC(=O)NCCC2(C)OCCO2)cc1. The van der Waals surface area contributed by atoms with Gasteiger partial charge in [-0.05, 0) is 25.8 Å². The van der Waals surface area contributed by atoms with Gasteiger partial charge < -0.3 is 14.8 Å². The van der Waals surface area contributed by atoms with Crippen molar-refractivity contribution in [3.63, 3.8) is 0 Å². The molecule has 0 spiro atoms. The molecule has 4 nitrogen and oxygen atoms in total. The zero-order valence-electron chi connectivity index (χ0n) is 12.3. The van der Waals surface area contributed by atoms with Gasteiger partial charge in [0.05, 0.1) is 13.2 Å². The van der Waals surface area contributed by atoms with Gasteiger partial charge in [0.15, 0.2) is 5.79 Å². The molecular formula is C16H23NO3. The van der Waals surface area contributed by atoms with E-state index in [9.17, 15) is 4.79 Å². The highest BCUT2D eigenvalue weighted by molar-refractivity contribution is 5.76. The Kier molecular flexibility index (Phi) is 5.15. The Morgan fingerprint density at radius 1 is 1.25 bits per heavy atom. The number of benzene rings is 1. The fraction of sp³-hybridized carbons (Fsp3) is 0.562. The smallest absolute Gasteiger partial charge is 0.220 e. The van der Waals surface area contributed by atoms with E-state index < -0.39 is 5.79 Å². The standard InChI is InChI=1S/C16H23NO3/c1-13-3-5-14(6-4-13)7-8-15(18)17-10-9-16(2)19-11-12-20-16/h3-6H,7-12H2,1-2H3,(H,17,18). The third-order valence-corrected chi connectivity index (χ3v) is 3.56. The molecule has 1 aromatic rings. The van der Waals surface area contributed by atoms with Crippen LogP contribution < -0.4 is 5.32 Å². The maximum atomic E-state index is 11.8. The molecule has 1 fully saturated rings. The molecule has 1 N–H and O–H groups in total. The van der Waals surface area contributed by atoms with Gasteiger partial charge >= 0.3 is 0 Å². The fourth-order valence-electron chi connectivity index (χ4n) is 2.23. The molecule has 4 heteroatoms. The second-order valence-corrected chi connectivity index (χ2v) is 5.42. The lowest BCUT2D eigenvalue weighted by atomic mass is 10.1. The molecule has 0 aromatic heterocycles. The molecular weight excluding hydrogens is 254 g/mol. The van der Waals surface area contributed by atoms with E-state index in [1.165, 1.54) is 11.1 Å². The molecule has 2 rings (SSSR count). The number of hydrogen-bond acceptors (Lipinski definition) is 3. The van der Waals surface area contributed by atoms with Crippen molar-refractivity contribution in [3.8, 4) is 0 Å². The van der Waals surface area contributed by atoms with Crippen molar-refractivity contribution in [3.05, 3.63) is 35.4 Å². The van der Waals surface area contributed by atoms with Crippen LogP contribution >= 0.6 is 0 Å². The molecule has 110 valence electrons. The monoisotopic (exact) mass is 277 g/mol. The Morgan fingerprint density at radius 3 is 2.55 bits per heavy atom. The van der Waals surface area contributed by atoms with E-state index in [0.717, 1.165) is 6.42 Å². The number of hydrogen-bond donors (Lipinski definition) is 1. The lowest BCUT2D eigenvalue weighted by molar-refractivity contribution is -0.146. The molecule has 1 aliphatic rings. The van der Waals surface area contributed by atoms with Gasteiger partial charge in [-0.15, -0.1) is 0 Å². The van der Waals surface area contributed by atoms with Crippen molar-refractivity contribution in [1.29, 1.82) is 0 Å². The molecule has 0 radical (unpaired) electrons. The van der Waals surface area contributed by atoms with Crippen LogP contribution in [0.15, 0.2) is 24.3 Å². The largest absolute Gasteiger partial charge is 0.356 e. The summed E-state index contributed by atoms with van der Waals surface area (Å²) in [5, 5.41) is 2.92. The molecule has 0 saturated carbocycles. The predicted molar refractivity (Wildman–Crippen MR) is 77.4 cm³/mol. The van der Waals surface area contributed by atoms with Crippen molar-refractivity contribution in [1.82, 2.24) is 5.32 Å². The van der Waals surface area contributed by atoms with Crippen molar-refractivity contribution in [2.75, 3.05) is 19.8 Å². The Hall–Kier alpha value is -1.39. The Labute approximate surface area is 120 Å². The van der Waals surface area contributed by atoms with E-state index in [-0.39, 0.29) is 5.91 Å². The van der Waals surface area contributed by atoms with E-state index in [4.69, 9.17) is 9.47 Å². The van der Waals surface area contributed by atoms with Crippen LogP contribution in [0.3, 0.4) is 0 Å². The van der Waals surface area contributed by atoms with Gasteiger partial charge in [-0.3, -0.25) is 4.79 Å². The molecule has 0 aliphatic carbocycles. The number of aryl methyl sites for hydroxylation is 2. The first-order valence-electron chi connectivity index (χ1n) is 7.18.